The van der Waals surface area contributed by atoms with Crippen LogP contribution in [0.4, 0.5) is 0 Å². The first-order valence-corrected chi connectivity index (χ1v) is 12.0. The number of carboxylic acid groups (broad SMARTS) is 1. The largest absolute Gasteiger partial charge is 0.481 e. The standard InChI is InChI=1S/C26H46O2/c1-2-3-4-5-6-7-8-9-10-11-12-13-14-15-16-17-18-19-20-21-22-23-24-25-26(27)28/h7-8,20-23H,2-6,9-19,24-25H2,1H3,(H,27,28)/b8-7+,21-20+,23-22+. The first-order chi connectivity index (χ1) is 13.8. The van der Waals surface area contributed by atoms with Gasteiger partial charge in [-0.15, -0.1) is 0 Å². The summed E-state index contributed by atoms with van der Waals surface area (Å²) in [7, 11) is 0. The maximum absolute atomic E-state index is 10.4. The number of aliphatic carboxylic acids is 1. The van der Waals surface area contributed by atoms with Crippen LogP contribution < -0.4 is 0 Å². The molecule has 0 aliphatic rings. The van der Waals surface area contributed by atoms with E-state index in [9.17, 15) is 4.79 Å². The van der Waals surface area contributed by atoms with Gasteiger partial charge in [0.2, 0.25) is 0 Å². The van der Waals surface area contributed by atoms with Crippen molar-refractivity contribution in [2.45, 2.75) is 122 Å². The molecule has 2 nitrogen and oxygen atoms in total. The van der Waals surface area contributed by atoms with Crippen molar-refractivity contribution in [3.8, 4) is 0 Å². The highest BCUT2D eigenvalue weighted by atomic mass is 16.4. The highest BCUT2D eigenvalue weighted by molar-refractivity contribution is 5.66. The Morgan fingerprint density at radius 2 is 0.964 bits per heavy atom. The fourth-order valence-corrected chi connectivity index (χ4v) is 3.24. The SMILES string of the molecule is CCCCCC/C=C/CCCCCCCCCCC/C=C/C=C/CCC(=O)O. The number of rotatable bonds is 21. The predicted octanol–water partition coefficient (Wildman–Crippen LogP) is 8.78. The van der Waals surface area contributed by atoms with Gasteiger partial charge in [-0.3, -0.25) is 4.79 Å². The zero-order valence-electron chi connectivity index (χ0n) is 18.5. The normalized spacial score (nSPS) is 12.0. The number of carboxylic acids is 1. The molecule has 0 bridgehead atoms. The van der Waals surface area contributed by atoms with Crippen LogP contribution in [0.3, 0.4) is 0 Å². The molecule has 0 aromatic heterocycles. The third-order valence-corrected chi connectivity index (χ3v) is 5.04. The van der Waals surface area contributed by atoms with E-state index in [1.807, 2.05) is 18.2 Å². The molecule has 0 aromatic rings. The number of hydrogen-bond acceptors (Lipinski definition) is 1. The Labute approximate surface area is 175 Å². The molecule has 0 spiro atoms. The number of unbranched alkanes of at least 4 members (excludes halogenated alkanes) is 14. The molecule has 0 saturated heterocycles. The minimum Gasteiger partial charge on any atom is -0.481 e. The van der Waals surface area contributed by atoms with Gasteiger partial charge in [0.25, 0.3) is 0 Å². The molecule has 0 aliphatic heterocycles. The molecule has 28 heavy (non-hydrogen) atoms. The Kier molecular flexibility index (Phi) is 22.6. The summed E-state index contributed by atoms with van der Waals surface area (Å²) in [6.07, 6.45) is 35.2. The van der Waals surface area contributed by atoms with Crippen molar-refractivity contribution in [2.24, 2.45) is 0 Å². The molecule has 0 atom stereocenters. The van der Waals surface area contributed by atoms with Crippen molar-refractivity contribution in [2.75, 3.05) is 0 Å². The lowest BCUT2D eigenvalue weighted by molar-refractivity contribution is -0.136. The second-order valence-electron chi connectivity index (χ2n) is 7.87. The molecule has 0 unspecified atom stereocenters. The lowest BCUT2D eigenvalue weighted by Gasteiger charge is -2.01. The van der Waals surface area contributed by atoms with Crippen LogP contribution in [0.5, 0.6) is 0 Å². The van der Waals surface area contributed by atoms with Crippen LogP contribution in [0.2, 0.25) is 0 Å². The van der Waals surface area contributed by atoms with Gasteiger partial charge in [0, 0.05) is 6.42 Å². The van der Waals surface area contributed by atoms with Crippen LogP contribution in [0.25, 0.3) is 0 Å². The summed E-state index contributed by atoms with van der Waals surface area (Å²) in [5.41, 5.74) is 0. The summed E-state index contributed by atoms with van der Waals surface area (Å²) in [5, 5.41) is 8.53. The van der Waals surface area contributed by atoms with Gasteiger partial charge in [-0.2, -0.15) is 0 Å². The maximum Gasteiger partial charge on any atom is 0.303 e. The molecular weight excluding hydrogens is 344 g/mol. The van der Waals surface area contributed by atoms with E-state index < -0.39 is 5.97 Å². The fraction of sp³-hybridized carbons (Fsp3) is 0.731. The van der Waals surface area contributed by atoms with E-state index in [0.717, 1.165) is 6.42 Å². The zero-order valence-corrected chi connectivity index (χ0v) is 18.5. The van der Waals surface area contributed by atoms with E-state index >= 15 is 0 Å². The molecule has 0 fully saturated rings. The number of allylic oxidation sites excluding steroid dienone is 6. The summed E-state index contributed by atoms with van der Waals surface area (Å²) in [5.74, 6) is -0.728. The predicted molar refractivity (Wildman–Crippen MR) is 124 cm³/mol. The molecule has 0 heterocycles. The molecule has 0 radical (unpaired) electrons. The minimum absolute atomic E-state index is 0.223. The molecule has 2 heteroatoms. The van der Waals surface area contributed by atoms with E-state index in [-0.39, 0.29) is 6.42 Å². The van der Waals surface area contributed by atoms with Gasteiger partial charge in [-0.05, 0) is 44.9 Å². The summed E-state index contributed by atoms with van der Waals surface area (Å²) >= 11 is 0. The zero-order chi connectivity index (χ0) is 20.5. The van der Waals surface area contributed by atoms with Crippen molar-refractivity contribution >= 4 is 5.97 Å². The first kappa shape index (κ1) is 26.7. The average molecular weight is 391 g/mol. The van der Waals surface area contributed by atoms with E-state index in [4.69, 9.17) is 5.11 Å². The van der Waals surface area contributed by atoms with Crippen molar-refractivity contribution < 1.29 is 9.90 Å². The van der Waals surface area contributed by atoms with Gasteiger partial charge < -0.3 is 5.11 Å². The molecule has 0 rings (SSSR count). The fourth-order valence-electron chi connectivity index (χ4n) is 3.24. The van der Waals surface area contributed by atoms with Crippen LogP contribution in [0, 0.1) is 0 Å². The Hall–Kier alpha value is -1.31. The average Bonchev–Trinajstić information content (AvgIpc) is 2.68. The van der Waals surface area contributed by atoms with Crippen LogP contribution in [0.1, 0.15) is 122 Å². The molecule has 0 saturated carbocycles. The monoisotopic (exact) mass is 390 g/mol. The van der Waals surface area contributed by atoms with Crippen molar-refractivity contribution in [3.05, 3.63) is 36.5 Å². The Morgan fingerprint density at radius 1 is 0.571 bits per heavy atom. The molecular formula is C26H46O2. The number of hydrogen-bond donors (Lipinski definition) is 1. The van der Waals surface area contributed by atoms with Crippen LogP contribution in [0.15, 0.2) is 36.5 Å². The van der Waals surface area contributed by atoms with E-state index in [1.165, 1.54) is 96.3 Å². The second kappa shape index (κ2) is 23.7. The van der Waals surface area contributed by atoms with Gasteiger partial charge in [0.15, 0.2) is 0 Å². The van der Waals surface area contributed by atoms with E-state index in [2.05, 4.69) is 25.2 Å². The van der Waals surface area contributed by atoms with E-state index in [0.29, 0.717) is 6.42 Å². The van der Waals surface area contributed by atoms with Crippen molar-refractivity contribution in [1.29, 1.82) is 0 Å². The van der Waals surface area contributed by atoms with Gasteiger partial charge in [-0.25, -0.2) is 0 Å². The summed E-state index contributed by atoms with van der Waals surface area (Å²) in [6, 6.07) is 0. The Morgan fingerprint density at radius 3 is 1.43 bits per heavy atom. The summed E-state index contributed by atoms with van der Waals surface area (Å²) < 4.78 is 0. The molecule has 0 aliphatic carbocycles. The van der Waals surface area contributed by atoms with Crippen LogP contribution >= 0.6 is 0 Å². The van der Waals surface area contributed by atoms with Gasteiger partial charge in [0.1, 0.15) is 0 Å². The van der Waals surface area contributed by atoms with Gasteiger partial charge in [-0.1, -0.05) is 108 Å². The highest BCUT2D eigenvalue weighted by Gasteiger charge is 1.93. The molecule has 162 valence electrons. The molecule has 1 N–H and O–H groups in total. The number of carbonyl (C=O) groups is 1. The van der Waals surface area contributed by atoms with Gasteiger partial charge in [0.05, 0.1) is 0 Å². The summed E-state index contributed by atoms with van der Waals surface area (Å²) in [4.78, 5) is 10.4. The summed E-state index contributed by atoms with van der Waals surface area (Å²) in [6.45, 7) is 2.27. The van der Waals surface area contributed by atoms with Gasteiger partial charge >= 0.3 is 5.97 Å². The molecule has 0 aromatic carbocycles. The minimum atomic E-state index is -0.728. The Balaban J connectivity index is 3.17. The maximum atomic E-state index is 10.4. The van der Waals surface area contributed by atoms with Crippen LogP contribution in [-0.4, -0.2) is 11.1 Å². The lowest BCUT2D eigenvalue weighted by Crippen LogP contribution is -1.91. The van der Waals surface area contributed by atoms with Crippen molar-refractivity contribution in [1.82, 2.24) is 0 Å². The quantitative estimate of drug-likeness (QED) is 0.121. The topological polar surface area (TPSA) is 37.3 Å². The molecule has 0 amide bonds. The highest BCUT2D eigenvalue weighted by Crippen LogP contribution is 2.12. The second-order valence-corrected chi connectivity index (χ2v) is 7.87. The first-order valence-electron chi connectivity index (χ1n) is 12.0. The smallest absolute Gasteiger partial charge is 0.303 e. The van der Waals surface area contributed by atoms with Crippen molar-refractivity contribution in [3.63, 3.8) is 0 Å². The lowest BCUT2D eigenvalue weighted by atomic mass is 10.1. The Bertz CT molecular complexity index is 407. The third-order valence-electron chi connectivity index (χ3n) is 5.04. The van der Waals surface area contributed by atoms with E-state index in [1.54, 1.807) is 0 Å². The van der Waals surface area contributed by atoms with Crippen LogP contribution in [-0.2, 0) is 4.79 Å². The third kappa shape index (κ3) is 24.7.